The zero-order chi connectivity index (χ0) is 20.1. The van der Waals surface area contributed by atoms with Crippen molar-refractivity contribution in [3.05, 3.63) is 53.4 Å². The quantitative estimate of drug-likeness (QED) is 0.580. The number of allylic oxidation sites excluding steroid dienone is 3. The van der Waals surface area contributed by atoms with Gasteiger partial charge in [-0.25, -0.2) is 13.5 Å². The van der Waals surface area contributed by atoms with Crippen molar-refractivity contribution in [3.8, 4) is 0 Å². The number of halogens is 2. The normalized spacial score (nSPS) is 17.5. The number of nitrogens with one attached hydrogen (secondary N) is 2. The van der Waals surface area contributed by atoms with Crippen molar-refractivity contribution < 1.29 is 22.3 Å². The maximum Gasteiger partial charge on any atom is 0.320 e. The van der Waals surface area contributed by atoms with E-state index in [0.717, 1.165) is 23.1 Å². The first-order valence-corrected chi connectivity index (χ1v) is 9.85. The number of anilines is 2. The molecule has 1 aliphatic carbocycles. The van der Waals surface area contributed by atoms with Crippen LogP contribution < -0.4 is 15.8 Å². The molecule has 2 aliphatic rings. The highest BCUT2D eigenvalue weighted by molar-refractivity contribution is 7.95. The van der Waals surface area contributed by atoms with E-state index in [9.17, 15) is 22.3 Å². The lowest BCUT2D eigenvalue weighted by molar-refractivity contribution is 0.102. The molecule has 1 amide bonds. The van der Waals surface area contributed by atoms with Gasteiger partial charge in [0.15, 0.2) is 0 Å². The number of benzene rings is 1. The molecule has 146 valence electrons. The number of carbonyl (C=O) groups is 1. The lowest BCUT2D eigenvalue weighted by atomic mass is 10.2. The van der Waals surface area contributed by atoms with Crippen LogP contribution in [-0.2, 0) is 14.6 Å². The molecule has 1 aliphatic heterocycles. The number of amides is 1. The molecule has 1 unspecified atom stereocenters. The summed E-state index contributed by atoms with van der Waals surface area (Å²) >= 11 is 0. The van der Waals surface area contributed by atoms with Crippen LogP contribution in [0.4, 0.5) is 20.3 Å². The zero-order valence-electron chi connectivity index (χ0n) is 14.4. The van der Waals surface area contributed by atoms with E-state index < -0.39 is 22.7 Å². The summed E-state index contributed by atoms with van der Waals surface area (Å²) in [7, 11) is -3.59. The van der Waals surface area contributed by atoms with E-state index in [1.54, 1.807) is 0 Å². The van der Waals surface area contributed by atoms with Gasteiger partial charge in [-0.3, -0.25) is 4.79 Å². The second-order valence-electron chi connectivity index (χ2n) is 6.38. The second kappa shape index (κ2) is 6.62. The predicted molar refractivity (Wildman–Crippen MR) is 99.9 cm³/mol. The largest absolute Gasteiger partial charge is 0.339 e. The van der Waals surface area contributed by atoms with Gasteiger partial charge in [-0.1, -0.05) is 0 Å². The minimum absolute atomic E-state index is 0.0162. The average molecular weight is 408 g/mol. The van der Waals surface area contributed by atoms with Gasteiger partial charge in [-0.05, 0) is 40.8 Å². The fourth-order valence-electron chi connectivity index (χ4n) is 2.81. The number of rotatable bonds is 4. The molecule has 2 aromatic rings. The molecule has 1 atom stereocenters. The number of nitrogens with two attached hydrogens (primary N) is 1. The zero-order valence-corrected chi connectivity index (χ0v) is 15.2. The summed E-state index contributed by atoms with van der Waals surface area (Å²) in [5.41, 5.74) is 1.73. The van der Waals surface area contributed by atoms with Gasteiger partial charge in [-0.15, -0.1) is 5.14 Å². The SMILES string of the molecule is N[S+](=O)(O)c1ccc(NC(=O)c2cnn3c2NC(=C2CC2)C=C3C(F)F)cc1. The summed E-state index contributed by atoms with van der Waals surface area (Å²) in [5, 5.41) is 14.7. The lowest BCUT2D eigenvalue weighted by Crippen LogP contribution is -2.21. The maximum absolute atomic E-state index is 13.4. The third kappa shape index (κ3) is 3.46. The van der Waals surface area contributed by atoms with E-state index in [-0.39, 0.29) is 22.0 Å². The number of alkyl halides is 2. The third-order valence-electron chi connectivity index (χ3n) is 4.36. The highest BCUT2D eigenvalue weighted by Gasteiger charge is 2.30. The highest BCUT2D eigenvalue weighted by Crippen LogP contribution is 2.38. The Hall–Kier alpha value is -2.89. The Morgan fingerprint density at radius 3 is 2.57 bits per heavy atom. The molecule has 11 heteroatoms. The molecule has 28 heavy (non-hydrogen) atoms. The number of hydrogen-bond acceptors (Lipinski definition) is 4. The van der Waals surface area contributed by atoms with Crippen molar-refractivity contribution in [1.82, 2.24) is 9.78 Å². The Kier molecular flexibility index (Phi) is 4.37. The molecule has 2 heterocycles. The van der Waals surface area contributed by atoms with Crippen LogP contribution in [0.5, 0.6) is 0 Å². The van der Waals surface area contributed by atoms with Crippen LogP contribution in [0.25, 0.3) is 5.70 Å². The molecule has 1 aromatic heterocycles. The minimum atomic E-state index is -3.59. The predicted octanol–water partition coefficient (Wildman–Crippen LogP) is 2.92. The van der Waals surface area contributed by atoms with E-state index in [0.29, 0.717) is 11.4 Å². The number of carbonyl (C=O) groups excluding carboxylic acids is 1. The monoisotopic (exact) mass is 408 g/mol. The minimum Gasteiger partial charge on any atom is -0.339 e. The van der Waals surface area contributed by atoms with Gasteiger partial charge in [0.1, 0.15) is 17.1 Å². The van der Waals surface area contributed by atoms with Crippen molar-refractivity contribution in [3.63, 3.8) is 0 Å². The Bertz CT molecular complexity index is 1060. The average Bonchev–Trinajstić information content (AvgIpc) is 3.39. The van der Waals surface area contributed by atoms with Gasteiger partial charge in [0.25, 0.3) is 12.3 Å². The third-order valence-corrected chi connectivity index (χ3v) is 5.31. The number of aromatic nitrogens is 2. The van der Waals surface area contributed by atoms with Crippen LogP contribution in [0.15, 0.2) is 52.7 Å². The number of fused-ring (bicyclic) bond motifs is 1. The maximum atomic E-state index is 13.4. The van der Waals surface area contributed by atoms with E-state index in [1.807, 2.05) is 0 Å². The Labute approximate surface area is 159 Å². The van der Waals surface area contributed by atoms with Crippen LogP contribution >= 0.6 is 0 Å². The van der Waals surface area contributed by atoms with E-state index in [1.165, 1.54) is 36.5 Å². The van der Waals surface area contributed by atoms with E-state index in [2.05, 4.69) is 15.7 Å². The van der Waals surface area contributed by atoms with Crippen LogP contribution in [-0.4, -0.2) is 26.7 Å². The first kappa shape index (κ1) is 18.5. The smallest absolute Gasteiger partial charge is 0.320 e. The summed E-state index contributed by atoms with van der Waals surface area (Å²) in [4.78, 5) is 12.7. The summed E-state index contributed by atoms with van der Waals surface area (Å²) in [5.74, 6) is -0.392. The molecule has 1 fully saturated rings. The molecule has 0 bridgehead atoms. The molecule has 1 saturated carbocycles. The molecule has 0 spiro atoms. The van der Waals surface area contributed by atoms with Crippen LogP contribution in [0, 0.1) is 0 Å². The van der Waals surface area contributed by atoms with Crippen molar-refractivity contribution in [2.45, 2.75) is 24.2 Å². The number of hydrogen-bond donors (Lipinski definition) is 4. The van der Waals surface area contributed by atoms with E-state index in [4.69, 9.17) is 5.14 Å². The summed E-state index contributed by atoms with van der Waals surface area (Å²) < 4.78 is 48.6. The highest BCUT2D eigenvalue weighted by atomic mass is 32.3. The first-order valence-electron chi connectivity index (χ1n) is 8.27. The van der Waals surface area contributed by atoms with Crippen molar-refractivity contribution >= 4 is 33.5 Å². The Morgan fingerprint density at radius 2 is 2.00 bits per heavy atom. The molecule has 8 nitrogen and oxygen atoms in total. The van der Waals surface area contributed by atoms with Gasteiger partial charge in [0.2, 0.25) is 4.90 Å². The van der Waals surface area contributed by atoms with Crippen molar-refractivity contribution in [2.75, 3.05) is 10.6 Å². The molecule has 4 rings (SSSR count). The Morgan fingerprint density at radius 1 is 1.32 bits per heavy atom. The Balaban J connectivity index is 1.61. The van der Waals surface area contributed by atoms with Crippen LogP contribution in [0.2, 0.25) is 0 Å². The number of nitrogens with zero attached hydrogens (tertiary/aromatic N) is 2. The summed E-state index contributed by atoms with van der Waals surface area (Å²) in [6.07, 6.45) is 1.47. The molecular weight excluding hydrogens is 392 g/mol. The molecular formula is C17H16F2N5O3S+. The van der Waals surface area contributed by atoms with E-state index >= 15 is 0 Å². The fourth-order valence-corrected chi connectivity index (χ4v) is 3.34. The molecule has 1 aromatic carbocycles. The van der Waals surface area contributed by atoms with Gasteiger partial charge in [-0.2, -0.15) is 9.65 Å². The van der Waals surface area contributed by atoms with Crippen molar-refractivity contribution in [1.29, 1.82) is 0 Å². The van der Waals surface area contributed by atoms with Gasteiger partial charge in [0, 0.05) is 23.5 Å². The second-order valence-corrected chi connectivity index (χ2v) is 7.99. The van der Waals surface area contributed by atoms with Crippen LogP contribution in [0.3, 0.4) is 0 Å². The van der Waals surface area contributed by atoms with Gasteiger partial charge < -0.3 is 10.6 Å². The lowest BCUT2D eigenvalue weighted by Gasteiger charge is -2.20. The first-order chi connectivity index (χ1) is 13.2. The standard InChI is InChI=1S/C17H15F2N5O3S/c18-15(19)14-7-13(9-1-2-9)23-16-12(8-21-24(14)16)17(25)22-10-3-5-11(6-4-10)28(20,26)27/h3-8,15H,1-2H2,(H4-,20,21,22,23,25,26,27)/p+1. The van der Waals surface area contributed by atoms with Gasteiger partial charge in [0.05, 0.1) is 6.20 Å². The topological polar surface area (TPSA) is 122 Å². The van der Waals surface area contributed by atoms with Gasteiger partial charge >= 0.3 is 10.4 Å². The summed E-state index contributed by atoms with van der Waals surface area (Å²) in [6.45, 7) is 0. The van der Waals surface area contributed by atoms with Crippen molar-refractivity contribution in [2.24, 2.45) is 5.14 Å². The molecule has 0 saturated heterocycles. The van der Waals surface area contributed by atoms with Crippen LogP contribution in [0.1, 0.15) is 23.2 Å². The molecule has 0 radical (unpaired) electrons. The fraction of sp³-hybridized carbons (Fsp3) is 0.176. The molecule has 5 N–H and O–H groups in total. The summed E-state index contributed by atoms with van der Waals surface area (Å²) in [6, 6.07) is 5.47.